The minimum atomic E-state index is 0.228. The van der Waals surface area contributed by atoms with E-state index in [4.69, 9.17) is 14.5 Å². The Bertz CT molecular complexity index is 328. The van der Waals surface area contributed by atoms with Crippen molar-refractivity contribution in [3.05, 3.63) is 0 Å². The normalized spacial score (nSPS) is 60.7. The van der Waals surface area contributed by atoms with Gasteiger partial charge < -0.3 is 4.74 Å². The largest absolute Gasteiger partial charge is 0.364 e. The predicted molar refractivity (Wildman–Crippen MR) is 64.6 cm³/mol. The summed E-state index contributed by atoms with van der Waals surface area (Å²) in [6, 6.07) is 0. The molecule has 3 heteroatoms. The van der Waals surface area contributed by atoms with E-state index in [0.29, 0.717) is 18.8 Å². The van der Waals surface area contributed by atoms with Crippen molar-refractivity contribution in [2.24, 2.45) is 29.6 Å². The maximum absolute atomic E-state index is 5.63. The first-order chi connectivity index (χ1) is 8.87. The highest BCUT2D eigenvalue weighted by Gasteiger charge is 2.54. The fraction of sp³-hybridized carbons (Fsp3) is 1.00. The third-order valence-electron chi connectivity index (χ3n) is 6.34. The van der Waals surface area contributed by atoms with Gasteiger partial charge in [-0.25, -0.2) is 9.78 Å². The molecule has 0 aromatic heterocycles. The Hall–Kier alpha value is -0.120. The van der Waals surface area contributed by atoms with Crippen molar-refractivity contribution < 1.29 is 14.5 Å². The van der Waals surface area contributed by atoms with E-state index in [-0.39, 0.29) is 6.10 Å². The lowest BCUT2D eigenvalue weighted by atomic mass is 9.51. The van der Waals surface area contributed by atoms with Crippen LogP contribution in [0.5, 0.6) is 0 Å². The molecule has 2 aliphatic heterocycles. The Kier molecular flexibility index (Phi) is 2.19. The predicted octanol–water partition coefficient (Wildman–Crippen LogP) is 2.55. The number of hydrogen-bond acceptors (Lipinski definition) is 3. The summed E-state index contributed by atoms with van der Waals surface area (Å²) in [4.78, 5) is 10.7. The second-order valence-electron chi connectivity index (χ2n) is 7.39. The van der Waals surface area contributed by atoms with Crippen LogP contribution >= 0.6 is 0 Å². The molecule has 0 N–H and O–H groups in total. The second kappa shape index (κ2) is 3.71. The topological polar surface area (TPSA) is 31.0 Å². The summed E-state index contributed by atoms with van der Waals surface area (Å²) in [7, 11) is 0. The van der Waals surface area contributed by atoms with E-state index < -0.39 is 0 Å². The lowest BCUT2D eigenvalue weighted by Gasteiger charge is -2.55. The van der Waals surface area contributed by atoms with Gasteiger partial charge in [0.15, 0.2) is 0 Å². The lowest BCUT2D eigenvalue weighted by molar-refractivity contribution is -0.340. The fourth-order valence-electron chi connectivity index (χ4n) is 5.73. The molecule has 0 amide bonds. The van der Waals surface area contributed by atoms with Gasteiger partial charge in [-0.15, -0.1) is 0 Å². The van der Waals surface area contributed by atoms with Crippen molar-refractivity contribution >= 4 is 0 Å². The van der Waals surface area contributed by atoms with Gasteiger partial charge in [0.2, 0.25) is 0 Å². The highest BCUT2D eigenvalue weighted by Crippen LogP contribution is 2.58. The SMILES string of the molecule is C1C2CC3CC1CC(C2)C3C[C@H]1OOC[C@@H]2O[C@@H]21. The van der Waals surface area contributed by atoms with Crippen molar-refractivity contribution in [3.63, 3.8) is 0 Å². The molecule has 3 atom stereocenters. The van der Waals surface area contributed by atoms with Crippen molar-refractivity contribution in [1.82, 2.24) is 0 Å². The second-order valence-corrected chi connectivity index (χ2v) is 7.39. The number of hydrogen-bond donors (Lipinski definition) is 0. The molecule has 18 heavy (non-hydrogen) atoms. The summed E-state index contributed by atoms with van der Waals surface area (Å²) in [5.74, 6) is 5.01. The quantitative estimate of drug-likeness (QED) is 0.557. The number of fused-ring (bicyclic) bond motifs is 1. The molecular formula is C15H22O3. The maximum atomic E-state index is 5.63. The molecule has 6 fully saturated rings. The van der Waals surface area contributed by atoms with E-state index in [2.05, 4.69) is 0 Å². The zero-order chi connectivity index (χ0) is 11.7. The first kappa shape index (κ1) is 10.6. The molecule has 0 aromatic rings. The summed E-state index contributed by atoms with van der Waals surface area (Å²) in [5, 5.41) is 0. The highest BCUT2D eigenvalue weighted by atomic mass is 17.2. The van der Waals surface area contributed by atoms with Gasteiger partial charge in [-0.3, -0.25) is 0 Å². The Labute approximate surface area is 108 Å². The van der Waals surface area contributed by atoms with Gasteiger partial charge in [0, 0.05) is 0 Å². The zero-order valence-corrected chi connectivity index (χ0v) is 10.8. The Balaban J connectivity index is 1.32. The van der Waals surface area contributed by atoms with E-state index in [0.717, 1.165) is 29.6 Å². The van der Waals surface area contributed by atoms with Crippen LogP contribution in [0.3, 0.4) is 0 Å². The minimum absolute atomic E-state index is 0.228. The van der Waals surface area contributed by atoms with E-state index in [1.54, 1.807) is 0 Å². The standard InChI is InChI=1S/C15H22O3/c1-8-2-10-4-9(1)5-11(3-8)12(10)6-13-15-14(17-15)7-16-18-13/h8-15H,1-7H2/t8?,9?,10?,11?,12?,13-,14+,15-/m1/s1. The van der Waals surface area contributed by atoms with Crippen molar-refractivity contribution in [1.29, 1.82) is 0 Å². The molecule has 0 unspecified atom stereocenters. The third kappa shape index (κ3) is 1.53. The average molecular weight is 250 g/mol. The molecule has 0 aromatic carbocycles. The molecule has 6 aliphatic rings. The van der Waals surface area contributed by atoms with Crippen LogP contribution < -0.4 is 0 Å². The van der Waals surface area contributed by atoms with E-state index >= 15 is 0 Å². The molecule has 4 aliphatic carbocycles. The Morgan fingerprint density at radius 1 is 0.889 bits per heavy atom. The zero-order valence-electron chi connectivity index (χ0n) is 10.8. The van der Waals surface area contributed by atoms with Crippen LogP contribution in [-0.2, 0) is 14.5 Å². The monoisotopic (exact) mass is 250 g/mol. The van der Waals surface area contributed by atoms with Gasteiger partial charge in [-0.1, -0.05) is 0 Å². The molecule has 6 rings (SSSR count). The highest BCUT2D eigenvalue weighted by molar-refractivity contribution is 5.01. The van der Waals surface area contributed by atoms with Crippen molar-refractivity contribution in [3.8, 4) is 0 Å². The first-order valence-electron chi connectivity index (χ1n) is 7.80. The van der Waals surface area contributed by atoms with Crippen LogP contribution in [-0.4, -0.2) is 24.9 Å². The van der Waals surface area contributed by atoms with Gasteiger partial charge in [0.05, 0.1) is 0 Å². The van der Waals surface area contributed by atoms with E-state index in [9.17, 15) is 0 Å². The Morgan fingerprint density at radius 2 is 1.61 bits per heavy atom. The maximum Gasteiger partial charge on any atom is 0.122 e. The van der Waals surface area contributed by atoms with Gasteiger partial charge in [0.25, 0.3) is 0 Å². The van der Waals surface area contributed by atoms with Crippen LogP contribution in [0.15, 0.2) is 0 Å². The minimum Gasteiger partial charge on any atom is -0.364 e. The van der Waals surface area contributed by atoms with Crippen LogP contribution in [0.1, 0.15) is 38.5 Å². The molecule has 4 bridgehead atoms. The fourth-order valence-corrected chi connectivity index (χ4v) is 5.73. The summed E-state index contributed by atoms with van der Waals surface area (Å²) < 4.78 is 5.63. The average Bonchev–Trinajstić information content (AvgIpc) is 3.12. The number of ether oxygens (including phenoxy) is 1. The van der Waals surface area contributed by atoms with Crippen LogP contribution in [0, 0.1) is 29.6 Å². The van der Waals surface area contributed by atoms with Crippen molar-refractivity contribution in [2.75, 3.05) is 6.61 Å². The molecule has 3 nitrogen and oxygen atoms in total. The molecule has 0 spiro atoms. The molecule has 2 saturated heterocycles. The molecular weight excluding hydrogens is 228 g/mol. The number of epoxide rings is 1. The van der Waals surface area contributed by atoms with Gasteiger partial charge in [0.1, 0.15) is 24.9 Å². The first-order valence-corrected chi connectivity index (χ1v) is 7.80. The molecule has 0 radical (unpaired) electrons. The summed E-state index contributed by atoms with van der Waals surface area (Å²) in [6.45, 7) is 0.642. The summed E-state index contributed by atoms with van der Waals surface area (Å²) >= 11 is 0. The molecule has 2 heterocycles. The van der Waals surface area contributed by atoms with Gasteiger partial charge in [-0.2, -0.15) is 0 Å². The Morgan fingerprint density at radius 3 is 2.33 bits per heavy atom. The van der Waals surface area contributed by atoms with Crippen LogP contribution in [0.2, 0.25) is 0 Å². The van der Waals surface area contributed by atoms with Crippen LogP contribution in [0.4, 0.5) is 0 Å². The van der Waals surface area contributed by atoms with Crippen molar-refractivity contribution in [2.45, 2.75) is 56.8 Å². The summed E-state index contributed by atoms with van der Waals surface area (Å²) in [6.07, 6.45) is 9.66. The van der Waals surface area contributed by atoms with E-state index in [1.165, 1.54) is 38.5 Å². The van der Waals surface area contributed by atoms with Gasteiger partial charge >= 0.3 is 0 Å². The number of rotatable bonds is 2. The smallest absolute Gasteiger partial charge is 0.122 e. The van der Waals surface area contributed by atoms with E-state index in [1.807, 2.05) is 0 Å². The lowest BCUT2D eigenvalue weighted by Crippen LogP contribution is -2.47. The summed E-state index contributed by atoms with van der Waals surface area (Å²) in [5.41, 5.74) is 0. The van der Waals surface area contributed by atoms with Gasteiger partial charge in [-0.05, 0) is 68.1 Å². The molecule has 4 saturated carbocycles. The molecule has 100 valence electrons. The third-order valence-corrected chi connectivity index (χ3v) is 6.34. The van der Waals surface area contributed by atoms with Crippen LogP contribution in [0.25, 0.3) is 0 Å².